The molecule has 0 radical (unpaired) electrons. The summed E-state index contributed by atoms with van der Waals surface area (Å²) < 4.78 is 10.8. The van der Waals surface area contributed by atoms with Crippen molar-refractivity contribution in [3.05, 3.63) is 59.7 Å². The third-order valence-electron chi connectivity index (χ3n) is 7.15. The van der Waals surface area contributed by atoms with Crippen molar-refractivity contribution >= 4 is 11.9 Å². The molecule has 2 aromatic carbocycles. The van der Waals surface area contributed by atoms with E-state index in [0.717, 1.165) is 31.1 Å². The fourth-order valence-electron chi connectivity index (χ4n) is 4.80. The molecule has 0 spiro atoms. The highest BCUT2D eigenvalue weighted by atomic mass is 16.5. The maximum Gasteiger partial charge on any atom is 0.343 e. The van der Waals surface area contributed by atoms with Crippen molar-refractivity contribution in [2.75, 3.05) is 0 Å². The van der Waals surface area contributed by atoms with Crippen LogP contribution in [0.3, 0.4) is 0 Å². The van der Waals surface area contributed by atoms with E-state index in [0.29, 0.717) is 29.4 Å². The van der Waals surface area contributed by atoms with Crippen molar-refractivity contribution in [2.24, 2.45) is 11.8 Å². The third kappa shape index (κ3) is 8.00. The average Bonchev–Trinajstić information content (AvgIpc) is 2.86. The highest BCUT2D eigenvalue weighted by Gasteiger charge is 2.23. The maximum absolute atomic E-state index is 12.6. The molecule has 0 saturated heterocycles. The Kier molecular flexibility index (Phi) is 10.2. The van der Waals surface area contributed by atoms with Gasteiger partial charge in [0.1, 0.15) is 11.5 Å². The molecule has 1 aliphatic rings. The molecule has 184 valence electrons. The van der Waals surface area contributed by atoms with Gasteiger partial charge in [-0.3, -0.25) is 4.79 Å². The minimum atomic E-state index is -0.381. The Labute approximate surface area is 205 Å². The standard InChI is InChI=1S/C30H40O4/c1-4-6-7-8-29(31)33-27-17-19-28(20-18-27)34-30(32)26-15-13-25(14-16-26)24-11-9-23(10-12-24)21-22(3)5-2/h13-20,22-24H,4-12,21H2,1-3H3. The van der Waals surface area contributed by atoms with Crippen molar-refractivity contribution in [3.63, 3.8) is 0 Å². The minimum Gasteiger partial charge on any atom is -0.427 e. The molecule has 1 aliphatic carbocycles. The SMILES string of the molecule is CCCCCC(=O)Oc1ccc(OC(=O)c2ccc(C3CCC(CC(C)CC)CC3)cc2)cc1. The first-order chi connectivity index (χ1) is 16.5. The lowest BCUT2D eigenvalue weighted by atomic mass is 9.75. The van der Waals surface area contributed by atoms with Crippen LogP contribution in [0.5, 0.6) is 11.5 Å². The van der Waals surface area contributed by atoms with Crippen LogP contribution in [0.2, 0.25) is 0 Å². The summed E-state index contributed by atoms with van der Waals surface area (Å²) in [4.78, 5) is 24.4. The van der Waals surface area contributed by atoms with Gasteiger partial charge >= 0.3 is 11.9 Å². The Morgan fingerprint density at radius 1 is 0.853 bits per heavy atom. The van der Waals surface area contributed by atoms with E-state index >= 15 is 0 Å². The van der Waals surface area contributed by atoms with Gasteiger partial charge in [0, 0.05) is 6.42 Å². The highest BCUT2D eigenvalue weighted by Crippen LogP contribution is 2.38. The van der Waals surface area contributed by atoms with Gasteiger partial charge in [0.25, 0.3) is 0 Å². The van der Waals surface area contributed by atoms with E-state index in [2.05, 4.69) is 32.9 Å². The van der Waals surface area contributed by atoms with Crippen molar-refractivity contribution in [3.8, 4) is 11.5 Å². The Hall–Kier alpha value is -2.62. The number of rotatable bonds is 11. The molecule has 1 fully saturated rings. The van der Waals surface area contributed by atoms with E-state index in [1.807, 2.05) is 12.1 Å². The number of esters is 2. The van der Waals surface area contributed by atoms with Crippen LogP contribution in [-0.4, -0.2) is 11.9 Å². The molecule has 2 aromatic rings. The van der Waals surface area contributed by atoms with Crippen LogP contribution in [0.1, 0.15) is 107 Å². The van der Waals surface area contributed by atoms with E-state index in [1.165, 1.54) is 44.1 Å². The Balaban J connectivity index is 1.47. The summed E-state index contributed by atoms with van der Waals surface area (Å²) in [6, 6.07) is 14.5. The van der Waals surface area contributed by atoms with Gasteiger partial charge < -0.3 is 9.47 Å². The molecule has 4 heteroatoms. The lowest BCUT2D eigenvalue weighted by Gasteiger charge is -2.30. The summed E-state index contributed by atoms with van der Waals surface area (Å²) in [5.41, 5.74) is 1.87. The van der Waals surface area contributed by atoms with Gasteiger partial charge in [-0.1, -0.05) is 52.2 Å². The van der Waals surface area contributed by atoms with Crippen molar-refractivity contribution < 1.29 is 19.1 Å². The second-order valence-electron chi connectivity index (χ2n) is 9.88. The molecule has 0 bridgehead atoms. The summed E-state index contributed by atoms with van der Waals surface area (Å²) in [5, 5.41) is 0. The van der Waals surface area contributed by atoms with Crippen LogP contribution < -0.4 is 9.47 Å². The summed E-state index contributed by atoms with van der Waals surface area (Å²) in [7, 11) is 0. The summed E-state index contributed by atoms with van der Waals surface area (Å²) >= 11 is 0. The van der Waals surface area contributed by atoms with Gasteiger partial charge in [-0.2, -0.15) is 0 Å². The van der Waals surface area contributed by atoms with Gasteiger partial charge in [0.15, 0.2) is 0 Å². The average molecular weight is 465 g/mol. The van der Waals surface area contributed by atoms with Crippen LogP contribution in [0, 0.1) is 11.8 Å². The molecule has 1 atom stereocenters. The van der Waals surface area contributed by atoms with Crippen LogP contribution in [0.15, 0.2) is 48.5 Å². The quantitative estimate of drug-likeness (QED) is 0.191. The lowest BCUT2D eigenvalue weighted by molar-refractivity contribution is -0.134. The third-order valence-corrected chi connectivity index (χ3v) is 7.15. The minimum absolute atomic E-state index is 0.234. The van der Waals surface area contributed by atoms with Gasteiger partial charge in [0.05, 0.1) is 5.56 Å². The van der Waals surface area contributed by atoms with E-state index in [1.54, 1.807) is 24.3 Å². The van der Waals surface area contributed by atoms with Crippen LogP contribution in [0.25, 0.3) is 0 Å². The lowest BCUT2D eigenvalue weighted by Crippen LogP contribution is -2.16. The first-order valence-corrected chi connectivity index (χ1v) is 13.1. The Morgan fingerprint density at radius 3 is 2.06 bits per heavy atom. The van der Waals surface area contributed by atoms with Crippen LogP contribution in [-0.2, 0) is 4.79 Å². The predicted octanol–water partition coefficient (Wildman–Crippen LogP) is 8.10. The zero-order valence-corrected chi connectivity index (χ0v) is 21.1. The topological polar surface area (TPSA) is 52.6 Å². The van der Waals surface area contributed by atoms with Gasteiger partial charge in [-0.15, -0.1) is 0 Å². The van der Waals surface area contributed by atoms with Gasteiger partial charge in [0.2, 0.25) is 0 Å². The van der Waals surface area contributed by atoms with Crippen LogP contribution >= 0.6 is 0 Å². The molecule has 0 aromatic heterocycles. The van der Waals surface area contributed by atoms with Gasteiger partial charge in [-0.25, -0.2) is 4.79 Å². The molecule has 1 unspecified atom stereocenters. The number of hydrogen-bond donors (Lipinski definition) is 0. The van der Waals surface area contributed by atoms with Crippen molar-refractivity contribution in [2.45, 2.75) is 90.9 Å². The molecule has 3 rings (SSSR count). The molecule has 34 heavy (non-hydrogen) atoms. The Morgan fingerprint density at radius 2 is 1.47 bits per heavy atom. The van der Waals surface area contributed by atoms with Gasteiger partial charge in [-0.05, 0) is 98.2 Å². The predicted molar refractivity (Wildman–Crippen MR) is 136 cm³/mol. The van der Waals surface area contributed by atoms with Crippen molar-refractivity contribution in [1.29, 1.82) is 0 Å². The molecule has 1 saturated carbocycles. The second-order valence-corrected chi connectivity index (χ2v) is 9.88. The monoisotopic (exact) mass is 464 g/mol. The molecule has 4 nitrogen and oxygen atoms in total. The number of carbonyl (C=O) groups is 2. The summed E-state index contributed by atoms with van der Waals surface area (Å²) in [5.74, 6) is 2.57. The van der Waals surface area contributed by atoms with E-state index in [-0.39, 0.29) is 11.9 Å². The summed E-state index contributed by atoms with van der Waals surface area (Å²) in [6.07, 6.45) is 11.1. The maximum atomic E-state index is 12.6. The Bertz CT molecular complexity index is 892. The molecule has 0 aliphatic heterocycles. The number of hydrogen-bond acceptors (Lipinski definition) is 4. The molecule has 0 heterocycles. The van der Waals surface area contributed by atoms with E-state index in [4.69, 9.17) is 9.47 Å². The fourth-order valence-corrected chi connectivity index (χ4v) is 4.80. The van der Waals surface area contributed by atoms with Crippen LogP contribution in [0.4, 0.5) is 0 Å². The number of unbranched alkanes of at least 4 members (excludes halogenated alkanes) is 2. The first kappa shape index (κ1) is 26.0. The van der Waals surface area contributed by atoms with E-state index in [9.17, 15) is 9.59 Å². The number of benzene rings is 2. The van der Waals surface area contributed by atoms with E-state index < -0.39 is 0 Å². The fraction of sp³-hybridized carbons (Fsp3) is 0.533. The molecular weight excluding hydrogens is 424 g/mol. The number of carbonyl (C=O) groups excluding carboxylic acids is 2. The zero-order valence-electron chi connectivity index (χ0n) is 21.1. The highest BCUT2D eigenvalue weighted by molar-refractivity contribution is 5.91. The normalized spacial score (nSPS) is 18.8. The van der Waals surface area contributed by atoms with Crippen molar-refractivity contribution in [1.82, 2.24) is 0 Å². The molecule has 0 amide bonds. The first-order valence-electron chi connectivity index (χ1n) is 13.1. The summed E-state index contributed by atoms with van der Waals surface area (Å²) in [6.45, 7) is 6.74. The largest absolute Gasteiger partial charge is 0.427 e. The smallest absolute Gasteiger partial charge is 0.343 e. The number of ether oxygens (including phenoxy) is 2. The molecule has 0 N–H and O–H groups in total. The second kappa shape index (κ2) is 13.3. The molecular formula is C30H40O4. The zero-order chi connectivity index (χ0) is 24.3.